The van der Waals surface area contributed by atoms with Gasteiger partial charge in [-0.3, -0.25) is 0 Å². The highest BCUT2D eigenvalue weighted by atomic mass is 14.4. The third kappa shape index (κ3) is 2.19. The molecule has 3 rings (SSSR count). The zero-order valence-corrected chi connectivity index (χ0v) is 11.8. The van der Waals surface area contributed by atoms with Crippen LogP contribution in [0, 0.1) is 11.8 Å². The topological polar surface area (TPSA) is 0 Å². The van der Waals surface area contributed by atoms with Gasteiger partial charge in [-0.25, -0.2) is 0 Å². The molecule has 0 amide bonds. The average molecular weight is 232 g/mol. The van der Waals surface area contributed by atoms with Crippen LogP contribution in [-0.2, 0) is 0 Å². The van der Waals surface area contributed by atoms with Crippen molar-refractivity contribution >= 4 is 6.71 Å². The molecule has 0 nitrogen and oxygen atoms in total. The summed E-state index contributed by atoms with van der Waals surface area (Å²) < 4.78 is 0. The van der Waals surface area contributed by atoms with E-state index in [4.69, 9.17) is 0 Å². The smallest absolute Gasteiger partial charge is 0.0629 e. The first kappa shape index (κ1) is 12.1. The molecule has 96 valence electrons. The van der Waals surface area contributed by atoms with Gasteiger partial charge in [0.15, 0.2) is 0 Å². The second-order valence-electron chi connectivity index (χ2n) is 7.42. The van der Waals surface area contributed by atoms with Crippen LogP contribution in [0.4, 0.5) is 0 Å². The fourth-order valence-corrected chi connectivity index (χ4v) is 5.82. The van der Waals surface area contributed by atoms with E-state index in [-0.39, 0.29) is 0 Å². The average Bonchev–Trinajstić information content (AvgIpc) is 2.28. The Kier molecular flexibility index (Phi) is 3.55. The predicted octanol–water partition coefficient (Wildman–Crippen LogP) is 5.42. The summed E-state index contributed by atoms with van der Waals surface area (Å²) in [5, 5.41) is 0. The molecule has 3 aliphatic rings. The van der Waals surface area contributed by atoms with Crippen LogP contribution in [0.25, 0.3) is 0 Å². The normalized spacial score (nSPS) is 46.9. The molecule has 0 aromatic heterocycles. The van der Waals surface area contributed by atoms with Gasteiger partial charge >= 0.3 is 0 Å². The van der Waals surface area contributed by atoms with Crippen molar-refractivity contribution < 1.29 is 0 Å². The Morgan fingerprint density at radius 3 is 1.53 bits per heavy atom. The number of hydrogen-bond acceptors (Lipinski definition) is 0. The van der Waals surface area contributed by atoms with Crippen molar-refractivity contribution in [1.29, 1.82) is 0 Å². The molecular weight excluding hydrogens is 203 g/mol. The molecule has 2 heterocycles. The van der Waals surface area contributed by atoms with Crippen molar-refractivity contribution in [2.24, 2.45) is 11.8 Å². The van der Waals surface area contributed by atoms with E-state index in [1.165, 1.54) is 19.3 Å². The van der Waals surface area contributed by atoms with E-state index in [1.807, 2.05) is 0 Å². The van der Waals surface area contributed by atoms with Gasteiger partial charge in [-0.05, 0) is 11.8 Å². The van der Waals surface area contributed by atoms with E-state index in [9.17, 15) is 0 Å². The largest absolute Gasteiger partial charge is 0.150 e. The Morgan fingerprint density at radius 1 is 0.647 bits per heavy atom. The van der Waals surface area contributed by atoms with Gasteiger partial charge in [0.1, 0.15) is 6.71 Å². The van der Waals surface area contributed by atoms with Gasteiger partial charge in [0, 0.05) is 0 Å². The highest BCUT2D eigenvalue weighted by molar-refractivity contribution is 6.64. The van der Waals surface area contributed by atoms with Gasteiger partial charge in [-0.1, -0.05) is 89.1 Å². The van der Waals surface area contributed by atoms with Gasteiger partial charge in [0.05, 0.1) is 0 Å². The molecule has 1 saturated carbocycles. The lowest BCUT2D eigenvalue weighted by Crippen LogP contribution is -2.44. The Hall–Kier alpha value is 0.0649. The summed E-state index contributed by atoms with van der Waals surface area (Å²) in [6.45, 7) is 6.25. The SMILES string of the molecule is CC1CCCC(C)C1B1C2CCCC1CCC2. The molecule has 0 radical (unpaired) electrons. The van der Waals surface area contributed by atoms with E-state index in [0.717, 1.165) is 36.0 Å². The van der Waals surface area contributed by atoms with E-state index in [2.05, 4.69) is 13.8 Å². The van der Waals surface area contributed by atoms with Crippen LogP contribution >= 0.6 is 0 Å². The minimum absolute atomic E-state index is 1.02. The van der Waals surface area contributed by atoms with Gasteiger partial charge < -0.3 is 0 Å². The maximum absolute atomic E-state index is 2.56. The summed E-state index contributed by atoms with van der Waals surface area (Å²) in [5.41, 5.74) is 0. The van der Waals surface area contributed by atoms with Crippen LogP contribution in [0.15, 0.2) is 0 Å². The monoisotopic (exact) mass is 232 g/mol. The zero-order chi connectivity index (χ0) is 11.8. The van der Waals surface area contributed by atoms with Crippen LogP contribution < -0.4 is 0 Å². The minimum atomic E-state index is 1.02. The molecule has 17 heavy (non-hydrogen) atoms. The second-order valence-corrected chi connectivity index (χ2v) is 7.42. The van der Waals surface area contributed by atoms with E-state index in [0.29, 0.717) is 0 Å². The van der Waals surface area contributed by atoms with Crippen molar-refractivity contribution in [1.82, 2.24) is 0 Å². The van der Waals surface area contributed by atoms with Crippen molar-refractivity contribution in [3.8, 4) is 0 Å². The zero-order valence-electron chi connectivity index (χ0n) is 11.8. The maximum atomic E-state index is 2.56. The standard InChI is InChI=1S/C16H29B/c1-12-6-3-7-13(2)16(12)17-14-8-4-9-15(17)11-5-10-14/h12-16H,3-11H2,1-2H3. The molecule has 2 unspecified atom stereocenters. The van der Waals surface area contributed by atoms with Crippen LogP contribution in [0.2, 0.25) is 17.5 Å². The Labute approximate surface area is 108 Å². The first-order valence-corrected chi connectivity index (χ1v) is 8.27. The summed E-state index contributed by atoms with van der Waals surface area (Å²) in [5.74, 6) is 5.36. The summed E-state index contributed by atoms with van der Waals surface area (Å²) >= 11 is 0. The van der Waals surface area contributed by atoms with Crippen molar-refractivity contribution in [2.75, 3.05) is 0 Å². The molecule has 0 aromatic carbocycles. The van der Waals surface area contributed by atoms with Gasteiger partial charge in [0.2, 0.25) is 0 Å². The fraction of sp³-hybridized carbons (Fsp3) is 1.00. The molecule has 2 atom stereocenters. The van der Waals surface area contributed by atoms with Crippen LogP contribution in [0.3, 0.4) is 0 Å². The molecule has 2 aliphatic heterocycles. The third-order valence-corrected chi connectivity index (χ3v) is 6.47. The molecule has 2 saturated heterocycles. The van der Waals surface area contributed by atoms with E-state index >= 15 is 0 Å². The lowest BCUT2D eigenvalue weighted by molar-refractivity contribution is 0.281. The first-order chi connectivity index (χ1) is 8.27. The highest BCUT2D eigenvalue weighted by Crippen LogP contribution is 2.55. The molecule has 0 aromatic rings. The molecule has 1 heteroatoms. The minimum Gasteiger partial charge on any atom is -0.0629 e. The summed E-state index contributed by atoms with van der Waals surface area (Å²) in [4.78, 5) is 0. The number of rotatable bonds is 1. The van der Waals surface area contributed by atoms with Gasteiger partial charge in [0.25, 0.3) is 0 Å². The lowest BCUT2D eigenvalue weighted by Gasteiger charge is -2.49. The molecule has 0 N–H and O–H groups in total. The quantitative estimate of drug-likeness (QED) is 0.530. The van der Waals surface area contributed by atoms with Crippen LogP contribution in [0.5, 0.6) is 0 Å². The van der Waals surface area contributed by atoms with E-state index in [1.54, 1.807) is 38.5 Å². The van der Waals surface area contributed by atoms with Gasteiger partial charge in [-0.2, -0.15) is 0 Å². The Morgan fingerprint density at radius 2 is 1.06 bits per heavy atom. The van der Waals surface area contributed by atoms with Crippen LogP contribution in [-0.4, -0.2) is 6.71 Å². The van der Waals surface area contributed by atoms with Crippen molar-refractivity contribution in [3.63, 3.8) is 0 Å². The van der Waals surface area contributed by atoms with E-state index < -0.39 is 0 Å². The maximum Gasteiger partial charge on any atom is 0.150 e. The Balaban J connectivity index is 1.80. The molecule has 0 spiro atoms. The number of fused-ring (bicyclic) bond motifs is 2. The molecular formula is C16H29B. The highest BCUT2D eigenvalue weighted by Gasteiger charge is 2.47. The first-order valence-electron chi connectivity index (χ1n) is 8.27. The Bertz CT molecular complexity index is 230. The van der Waals surface area contributed by atoms with Gasteiger partial charge in [-0.15, -0.1) is 0 Å². The fourth-order valence-electron chi connectivity index (χ4n) is 5.82. The molecule has 3 fully saturated rings. The molecule has 1 aliphatic carbocycles. The van der Waals surface area contributed by atoms with Crippen molar-refractivity contribution in [2.45, 2.75) is 89.1 Å². The summed E-state index contributed by atoms with van der Waals surface area (Å²) in [7, 11) is 0. The third-order valence-electron chi connectivity index (χ3n) is 6.47. The molecule has 2 bridgehead atoms. The second kappa shape index (κ2) is 4.98. The number of hydrogen-bond donors (Lipinski definition) is 0. The summed E-state index contributed by atoms with van der Waals surface area (Å²) in [6.07, 6.45) is 13.9. The lowest BCUT2D eigenvalue weighted by atomic mass is 9.19. The van der Waals surface area contributed by atoms with Crippen LogP contribution in [0.1, 0.15) is 71.6 Å². The predicted molar refractivity (Wildman–Crippen MR) is 76.9 cm³/mol. The van der Waals surface area contributed by atoms with Crippen molar-refractivity contribution in [3.05, 3.63) is 0 Å². The summed E-state index contributed by atoms with van der Waals surface area (Å²) in [6, 6.07) is 0.